The molecule has 3 nitrogen and oxygen atoms in total. The summed E-state index contributed by atoms with van der Waals surface area (Å²) in [5.41, 5.74) is 1.10. The molecule has 1 aliphatic carbocycles. The van der Waals surface area contributed by atoms with Crippen LogP contribution in [0.15, 0.2) is 30.3 Å². The Morgan fingerprint density at radius 2 is 2.06 bits per heavy atom. The number of hydrogen-bond acceptors (Lipinski definition) is 3. The monoisotopic (exact) mass is 247 g/mol. The fourth-order valence-electron chi connectivity index (χ4n) is 2.25. The average Bonchev–Trinajstić information content (AvgIpc) is 3.20. The smallest absolute Gasteiger partial charge is 0.313 e. The molecular weight excluding hydrogens is 226 g/mol. The summed E-state index contributed by atoms with van der Waals surface area (Å²) in [4.78, 5) is 11.6. The number of nitrogens with one attached hydrogen (secondary N) is 1. The fraction of sp³-hybridized carbons (Fsp3) is 0.533. The molecular formula is C15H21NO2. The van der Waals surface area contributed by atoms with E-state index in [1.807, 2.05) is 6.07 Å². The van der Waals surface area contributed by atoms with Crippen molar-refractivity contribution in [3.8, 4) is 0 Å². The number of carbonyl (C=O) groups is 1. The van der Waals surface area contributed by atoms with Crippen molar-refractivity contribution in [2.45, 2.75) is 25.7 Å². The van der Waals surface area contributed by atoms with Crippen molar-refractivity contribution in [3.63, 3.8) is 0 Å². The predicted octanol–water partition coefficient (Wildman–Crippen LogP) is 2.33. The van der Waals surface area contributed by atoms with Gasteiger partial charge < -0.3 is 10.1 Å². The summed E-state index contributed by atoms with van der Waals surface area (Å²) in [6.07, 6.45) is 1.90. The highest BCUT2D eigenvalue weighted by molar-refractivity contribution is 5.80. The lowest BCUT2D eigenvalue weighted by molar-refractivity contribution is -0.146. The maximum absolute atomic E-state index is 11.6. The first-order valence-corrected chi connectivity index (χ1v) is 6.52. The molecule has 1 aromatic rings. The SMILES string of the molecule is COC(=O)C1(CNC[C@H](C)c2ccccc2)CC1. The second-order valence-corrected chi connectivity index (χ2v) is 5.21. The Bertz CT molecular complexity index is 398. The first-order chi connectivity index (χ1) is 8.68. The third-order valence-corrected chi connectivity index (χ3v) is 3.75. The second-order valence-electron chi connectivity index (χ2n) is 5.21. The van der Waals surface area contributed by atoms with E-state index in [4.69, 9.17) is 4.74 Å². The van der Waals surface area contributed by atoms with Gasteiger partial charge in [-0.15, -0.1) is 0 Å². The molecule has 1 saturated carbocycles. The molecule has 1 aliphatic rings. The third-order valence-electron chi connectivity index (χ3n) is 3.75. The summed E-state index contributed by atoms with van der Waals surface area (Å²) >= 11 is 0. The molecule has 0 heterocycles. The molecule has 1 atom stereocenters. The summed E-state index contributed by atoms with van der Waals surface area (Å²) in [6.45, 7) is 3.82. The summed E-state index contributed by atoms with van der Waals surface area (Å²) in [5, 5.41) is 3.40. The zero-order valence-electron chi connectivity index (χ0n) is 11.1. The van der Waals surface area contributed by atoms with Crippen LogP contribution in [-0.2, 0) is 9.53 Å². The molecule has 0 aromatic heterocycles. The molecule has 0 bridgehead atoms. The van der Waals surface area contributed by atoms with Gasteiger partial charge in [0.25, 0.3) is 0 Å². The number of benzene rings is 1. The third kappa shape index (κ3) is 2.91. The van der Waals surface area contributed by atoms with Gasteiger partial charge in [0.05, 0.1) is 12.5 Å². The molecule has 18 heavy (non-hydrogen) atoms. The minimum absolute atomic E-state index is 0.0673. The van der Waals surface area contributed by atoms with Crippen LogP contribution in [0.1, 0.15) is 31.2 Å². The lowest BCUT2D eigenvalue weighted by Gasteiger charge is -2.17. The Labute approximate surface area is 109 Å². The van der Waals surface area contributed by atoms with Gasteiger partial charge >= 0.3 is 5.97 Å². The lowest BCUT2D eigenvalue weighted by atomic mass is 10.0. The van der Waals surface area contributed by atoms with Crippen LogP contribution in [0.5, 0.6) is 0 Å². The van der Waals surface area contributed by atoms with Crippen LogP contribution in [-0.4, -0.2) is 26.2 Å². The van der Waals surface area contributed by atoms with E-state index in [0.29, 0.717) is 5.92 Å². The molecule has 0 aliphatic heterocycles. The molecule has 0 saturated heterocycles. The van der Waals surface area contributed by atoms with Crippen molar-refractivity contribution < 1.29 is 9.53 Å². The van der Waals surface area contributed by atoms with Crippen LogP contribution >= 0.6 is 0 Å². The van der Waals surface area contributed by atoms with Crippen LogP contribution in [0.2, 0.25) is 0 Å². The summed E-state index contributed by atoms with van der Waals surface area (Å²) in [5.74, 6) is 0.391. The molecule has 1 aromatic carbocycles. The minimum atomic E-state index is -0.231. The number of esters is 1. The van der Waals surface area contributed by atoms with Crippen molar-refractivity contribution >= 4 is 5.97 Å². The first kappa shape index (κ1) is 13.1. The second kappa shape index (κ2) is 5.53. The summed E-state index contributed by atoms with van der Waals surface area (Å²) in [7, 11) is 1.47. The fourth-order valence-corrected chi connectivity index (χ4v) is 2.25. The zero-order chi connectivity index (χ0) is 13.0. The van der Waals surface area contributed by atoms with Gasteiger partial charge in [0, 0.05) is 13.1 Å². The number of ether oxygens (including phenoxy) is 1. The van der Waals surface area contributed by atoms with Gasteiger partial charge in [-0.3, -0.25) is 4.79 Å². The average molecular weight is 247 g/mol. The van der Waals surface area contributed by atoms with Gasteiger partial charge in [0.15, 0.2) is 0 Å². The molecule has 3 heteroatoms. The highest BCUT2D eigenvalue weighted by Crippen LogP contribution is 2.46. The number of methoxy groups -OCH3 is 1. The van der Waals surface area contributed by atoms with Crippen LogP contribution < -0.4 is 5.32 Å². The van der Waals surface area contributed by atoms with Crippen LogP contribution in [0.25, 0.3) is 0 Å². The lowest BCUT2D eigenvalue weighted by Crippen LogP contribution is -2.33. The topological polar surface area (TPSA) is 38.3 Å². The van der Waals surface area contributed by atoms with Gasteiger partial charge in [0.1, 0.15) is 0 Å². The maximum atomic E-state index is 11.6. The molecule has 0 spiro atoms. The number of carbonyl (C=O) groups excluding carboxylic acids is 1. The summed E-state index contributed by atoms with van der Waals surface area (Å²) < 4.78 is 4.84. The molecule has 1 N–H and O–H groups in total. The van der Waals surface area contributed by atoms with Crippen LogP contribution in [0, 0.1) is 5.41 Å². The van der Waals surface area contributed by atoms with Crippen LogP contribution in [0.3, 0.4) is 0 Å². The van der Waals surface area contributed by atoms with E-state index in [-0.39, 0.29) is 11.4 Å². The van der Waals surface area contributed by atoms with Crippen molar-refractivity contribution in [3.05, 3.63) is 35.9 Å². The molecule has 0 amide bonds. The normalized spacial score (nSPS) is 18.1. The van der Waals surface area contributed by atoms with Gasteiger partial charge in [0.2, 0.25) is 0 Å². The number of hydrogen-bond donors (Lipinski definition) is 1. The Morgan fingerprint density at radius 3 is 2.61 bits per heavy atom. The molecule has 0 radical (unpaired) electrons. The molecule has 0 unspecified atom stereocenters. The van der Waals surface area contributed by atoms with Gasteiger partial charge in [-0.2, -0.15) is 0 Å². The van der Waals surface area contributed by atoms with E-state index in [1.54, 1.807) is 0 Å². The Kier molecular flexibility index (Phi) is 4.02. The largest absolute Gasteiger partial charge is 0.469 e. The van der Waals surface area contributed by atoms with Crippen molar-refractivity contribution in [1.29, 1.82) is 0 Å². The molecule has 1 fully saturated rings. The highest BCUT2D eigenvalue weighted by atomic mass is 16.5. The molecule has 2 rings (SSSR count). The van der Waals surface area contributed by atoms with Gasteiger partial charge in [-0.05, 0) is 24.3 Å². The molecule has 98 valence electrons. The van der Waals surface area contributed by atoms with Gasteiger partial charge in [-0.1, -0.05) is 37.3 Å². The Hall–Kier alpha value is -1.35. The van der Waals surface area contributed by atoms with Crippen molar-refractivity contribution in [1.82, 2.24) is 5.32 Å². The van der Waals surface area contributed by atoms with E-state index < -0.39 is 0 Å². The zero-order valence-corrected chi connectivity index (χ0v) is 11.1. The van der Waals surface area contributed by atoms with Crippen molar-refractivity contribution in [2.24, 2.45) is 5.41 Å². The minimum Gasteiger partial charge on any atom is -0.469 e. The van der Waals surface area contributed by atoms with E-state index in [1.165, 1.54) is 12.7 Å². The maximum Gasteiger partial charge on any atom is 0.313 e. The number of rotatable bonds is 6. The van der Waals surface area contributed by atoms with E-state index >= 15 is 0 Å². The first-order valence-electron chi connectivity index (χ1n) is 6.52. The summed E-state index contributed by atoms with van der Waals surface area (Å²) in [6, 6.07) is 10.4. The van der Waals surface area contributed by atoms with E-state index in [9.17, 15) is 4.79 Å². The van der Waals surface area contributed by atoms with Crippen LogP contribution in [0.4, 0.5) is 0 Å². The Balaban J connectivity index is 1.78. The standard InChI is InChI=1S/C15H21NO2/c1-12(13-6-4-3-5-7-13)10-16-11-15(8-9-15)14(17)18-2/h3-7,12,16H,8-11H2,1-2H3/t12-/m0/s1. The van der Waals surface area contributed by atoms with Gasteiger partial charge in [-0.25, -0.2) is 0 Å². The van der Waals surface area contributed by atoms with E-state index in [0.717, 1.165) is 25.9 Å². The predicted molar refractivity (Wildman–Crippen MR) is 71.4 cm³/mol. The quantitative estimate of drug-likeness (QED) is 0.784. The van der Waals surface area contributed by atoms with Crippen molar-refractivity contribution in [2.75, 3.05) is 20.2 Å². The Morgan fingerprint density at radius 1 is 1.39 bits per heavy atom. The van der Waals surface area contributed by atoms with E-state index in [2.05, 4.69) is 36.5 Å². The highest BCUT2D eigenvalue weighted by Gasteiger charge is 2.50.